The topological polar surface area (TPSA) is 117 Å². The Kier molecular flexibility index (Phi) is 5.51. The Labute approximate surface area is 164 Å². The smallest absolute Gasteiger partial charge is 0.328 e. The van der Waals surface area contributed by atoms with Gasteiger partial charge in [-0.15, -0.1) is 0 Å². The SMILES string of the molecule is CC1Oc2cc(/C=N/NC(=O)c3ccc(O)c(Cl)c3)cc(/C=C/C(=O)O)c2O1. The molecule has 2 aromatic rings. The fraction of sp³-hybridized carbons (Fsp3) is 0.105. The van der Waals surface area contributed by atoms with Crippen molar-refractivity contribution >= 4 is 35.8 Å². The number of rotatable bonds is 5. The molecule has 1 unspecified atom stereocenters. The van der Waals surface area contributed by atoms with Crippen LogP contribution in [0, 0.1) is 0 Å². The van der Waals surface area contributed by atoms with E-state index in [1.807, 2.05) is 0 Å². The zero-order valence-electron chi connectivity index (χ0n) is 14.5. The number of amides is 1. The maximum Gasteiger partial charge on any atom is 0.328 e. The number of aromatic hydroxyl groups is 1. The molecule has 8 nitrogen and oxygen atoms in total. The highest BCUT2D eigenvalue weighted by Gasteiger charge is 2.23. The quantitative estimate of drug-likeness (QED) is 0.402. The highest BCUT2D eigenvalue weighted by atomic mass is 35.5. The molecule has 1 heterocycles. The van der Waals surface area contributed by atoms with Crippen LogP contribution in [0.3, 0.4) is 0 Å². The molecule has 1 aliphatic heterocycles. The van der Waals surface area contributed by atoms with Crippen LogP contribution in [0.5, 0.6) is 17.2 Å². The van der Waals surface area contributed by atoms with Gasteiger partial charge in [0.1, 0.15) is 5.75 Å². The maximum atomic E-state index is 12.1. The molecule has 0 aliphatic carbocycles. The van der Waals surface area contributed by atoms with Gasteiger partial charge in [0.2, 0.25) is 6.29 Å². The molecule has 3 N–H and O–H groups in total. The first-order valence-corrected chi connectivity index (χ1v) is 8.45. The Morgan fingerprint density at radius 2 is 2.04 bits per heavy atom. The molecule has 1 atom stereocenters. The number of carboxylic acid groups (broad SMARTS) is 1. The van der Waals surface area contributed by atoms with Gasteiger partial charge in [0.15, 0.2) is 11.5 Å². The van der Waals surface area contributed by atoms with Crippen molar-refractivity contribution in [1.29, 1.82) is 0 Å². The minimum absolute atomic E-state index is 0.0522. The van der Waals surface area contributed by atoms with Crippen molar-refractivity contribution in [3.05, 3.63) is 58.1 Å². The van der Waals surface area contributed by atoms with Crippen LogP contribution in [0.1, 0.15) is 28.4 Å². The summed E-state index contributed by atoms with van der Waals surface area (Å²) in [4.78, 5) is 22.9. The van der Waals surface area contributed by atoms with E-state index in [0.29, 0.717) is 22.6 Å². The van der Waals surface area contributed by atoms with E-state index >= 15 is 0 Å². The predicted molar refractivity (Wildman–Crippen MR) is 102 cm³/mol. The molecule has 0 saturated heterocycles. The number of carboxylic acids is 1. The third-order valence-electron chi connectivity index (χ3n) is 3.68. The van der Waals surface area contributed by atoms with E-state index in [4.69, 9.17) is 26.2 Å². The summed E-state index contributed by atoms with van der Waals surface area (Å²) in [6.07, 6.45) is 3.25. The van der Waals surface area contributed by atoms with Gasteiger partial charge in [0.05, 0.1) is 11.2 Å². The van der Waals surface area contributed by atoms with Gasteiger partial charge in [-0.3, -0.25) is 4.79 Å². The molecule has 0 saturated carbocycles. The lowest BCUT2D eigenvalue weighted by Gasteiger charge is -2.04. The molecule has 0 bridgehead atoms. The Morgan fingerprint density at radius 3 is 2.75 bits per heavy atom. The monoisotopic (exact) mass is 402 g/mol. The van der Waals surface area contributed by atoms with E-state index in [0.717, 1.165) is 6.08 Å². The van der Waals surface area contributed by atoms with E-state index in [2.05, 4.69) is 10.5 Å². The summed E-state index contributed by atoms with van der Waals surface area (Å²) in [5.74, 6) is -0.862. The first-order valence-electron chi connectivity index (χ1n) is 8.08. The molecular weight excluding hydrogens is 388 g/mol. The second-order valence-electron chi connectivity index (χ2n) is 5.78. The minimum Gasteiger partial charge on any atom is -0.506 e. The molecule has 144 valence electrons. The third-order valence-corrected chi connectivity index (χ3v) is 3.98. The number of phenolic OH excluding ortho intramolecular Hbond substituents is 1. The summed E-state index contributed by atoms with van der Waals surface area (Å²) in [7, 11) is 0. The number of carbonyl (C=O) groups excluding carboxylic acids is 1. The summed E-state index contributed by atoms with van der Waals surface area (Å²) >= 11 is 5.78. The number of hydrazone groups is 1. The number of carbonyl (C=O) groups is 2. The molecular formula is C19H15ClN2O6. The number of benzene rings is 2. The van der Waals surface area contributed by atoms with Gasteiger partial charge in [0.25, 0.3) is 5.91 Å². The van der Waals surface area contributed by atoms with Crippen molar-refractivity contribution < 1.29 is 29.3 Å². The minimum atomic E-state index is -1.10. The van der Waals surface area contributed by atoms with Gasteiger partial charge in [-0.2, -0.15) is 5.10 Å². The second-order valence-corrected chi connectivity index (χ2v) is 6.18. The van der Waals surface area contributed by atoms with E-state index < -0.39 is 18.2 Å². The van der Waals surface area contributed by atoms with E-state index in [1.54, 1.807) is 19.1 Å². The summed E-state index contributed by atoms with van der Waals surface area (Å²) in [6, 6.07) is 7.33. The lowest BCUT2D eigenvalue weighted by molar-refractivity contribution is -0.131. The van der Waals surface area contributed by atoms with Crippen molar-refractivity contribution in [2.75, 3.05) is 0 Å². The average Bonchev–Trinajstić information content (AvgIpc) is 3.02. The van der Waals surface area contributed by atoms with Crippen LogP contribution >= 0.6 is 11.6 Å². The lowest BCUT2D eigenvalue weighted by atomic mass is 10.1. The van der Waals surface area contributed by atoms with Gasteiger partial charge in [-0.25, -0.2) is 10.2 Å². The Hall–Kier alpha value is -3.52. The zero-order valence-corrected chi connectivity index (χ0v) is 15.3. The molecule has 1 aliphatic rings. The zero-order chi connectivity index (χ0) is 20.3. The molecule has 28 heavy (non-hydrogen) atoms. The summed E-state index contributed by atoms with van der Waals surface area (Å²) < 4.78 is 11.1. The molecule has 2 aromatic carbocycles. The van der Waals surface area contributed by atoms with Crippen molar-refractivity contribution in [1.82, 2.24) is 5.43 Å². The molecule has 0 fully saturated rings. The number of ether oxygens (including phenoxy) is 2. The van der Waals surface area contributed by atoms with Crippen molar-refractivity contribution in [2.24, 2.45) is 5.10 Å². The summed E-state index contributed by atoms with van der Waals surface area (Å²) in [5.41, 5.74) is 3.64. The number of fused-ring (bicyclic) bond motifs is 1. The first kappa shape index (κ1) is 19.2. The van der Waals surface area contributed by atoms with Crippen LogP contribution in [0.2, 0.25) is 5.02 Å². The number of hydrogen-bond donors (Lipinski definition) is 3. The van der Waals surface area contributed by atoms with E-state index in [9.17, 15) is 14.7 Å². The highest BCUT2D eigenvalue weighted by molar-refractivity contribution is 6.32. The van der Waals surface area contributed by atoms with Crippen molar-refractivity contribution in [2.45, 2.75) is 13.2 Å². The van der Waals surface area contributed by atoms with Gasteiger partial charge >= 0.3 is 5.97 Å². The van der Waals surface area contributed by atoms with Gasteiger partial charge < -0.3 is 19.7 Å². The van der Waals surface area contributed by atoms with Gasteiger partial charge in [-0.05, 0) is 42.0 Å². The lowest BCUT2D eigenvalue weighted by Crippen LogP contribution is -2.17. The normalized spacial score (nSPS) is 15.3. The number of halogens is 1. The second kappa shape index (κ2) is 8.01. The van der Waals surface area contributed by atoms with Gasteiger partial charge in [0, 0.05) is 24.1 Å². The third kappa shape index (κ3) is 4.41. The standard InChI is InChI=1S/C19H15ClN2O6/c1-10-27-16-7-11(6-12(18(16)28-10)3-5-17(24)25)9-21-22-19(26)13-2-4-15(23)14(20)8-13/h2-10,23H,1H3,(H,22,26)(H,24,25)/b5-3+,21-9+. The summed E-state index contributed by atoms with van der Waals surface area (Å²) in [6.45, 7) is 1.71. The number of nitrogens with one attached hydrogen (secondary N) is 1. The molecule has 0 aromatic heterocycles. The average molecular weight is 403 g/mol. The van der Waals surface area contributed by atoms with Crippen LogP contribution in [0.15, 0.2) is 41.5 Å². The van der Waals surface area contributed by atoms with Crippen LogP contribution in [-0.4, -0.2) is 34.6 Å². The van der Waals surface area contributed by atoms with E-state index in [1.165, 1.54) is 30.5 Å². The first-order chi connectivity index (χ1) is 13.3. The number of hydrogen-bond acceptors (Lipinski definition) is 6. The van der Waals surface area contributed by atoms with E-state index in [-0.39, 0.29) is 16.3 Å². The molecule has 1 amide bonds. The summed E-state index contributed by atoms with van der Waals surface area (Å²) in [5, 5.41) is 22.2. The van der Waals surface area contributed by atoms with Crippen LogP contribution in [-0.2, 0) is 4.79 Å². The Bertz CT molecular complexity index is 1000. The van der Waals surface area contributed by atoms with Crippen molar-refractivity contribution in [3.63, 3.8) is 0 Å². The van der Waals surface area contributed by atoms with Crippen LogP contribution in [0.25, 0.3) is 6.08 Å². The number of nitrogens with zero attached hydrogens (tertiary/aromatic N) is 1. The van der Waals surface area contributed by atoms with Crippen LogP contribution in [0.4, 0.5) is 0 Å². The van der Waals surface area contributed by atoms with Crippen LogP contribution < -0.4 is 14.9 Å². The highest BCUT2D eigenvalue weighted by Crippen LogP contribution is 2.39. The largest absolute Gasteiger partial charge is 0.506 e. The molecule has 3 rings (SSSR count). The van der Waals surface area contributed by atoms with Gasteiger partial charge in [-0.1, -0.05) is 11.6 Å². The molecule has 0 spiro atoms. The number of aliphatic carboxylic acids is 1. The fourth-order valence-electron chi connectivity index (χ4n) is 2.47. The molecule has 9 heteroatoms. The molecule has 0 radical (unpaired) electrons. The van der Waals surface area contributed by atoms with Crippen molar-refractivity contribution in [3.8, 4) is 17.2 Å². The maximum absolute atomic E-state index is 12.1. The predicted octanol–water partition coefficient (Wildman–Crippen LogP) is 3.02. The Morgan fingerprint density at radius 1 is 1.25 bits per heavy atom. The Balaban J connectivity index is 1.79. The number of phenols is 1. The fourth-order valence-corrected chi connectivity index (χ4v) is 2.65.